The summed E-state index contributed by atoms with van der Waals surface area (Å²) in [6.07, 6.45) is -1.91. The van der Waals surface area contributed by atoms with Crippen LogP contribution in [0.15, 0.2) is 53.7 Å². The Kier molecular flexibility index (Phi) is 7.70. The molecule has 0 radical (unpaired) electrons. The standard InChI is InChI=1S/C24H22ClF3N4O5S/c1-37-15-4-5-20(25)18(9-15)17-11-21(30-12-19(17)24(26,27)28)31-38(35,36)16-6-7-29-22(10-16)32-8-2-3-14(13-32)23(33)34/h4-7,9-12,14H,2-3,8,13H2,1H3,(H,30,31)(H,33,34)/t14-/m1/s1. The van der Waals surface area contributed by atoms with Gasteiger partial charge in [-0.05, 0) is 43.2 Å². The minimum Gasteiger partial charge on any atom is -0.497 e. The van der Waals surface area contributed by atoms with Crippen LogP contribution in [0.3, 0.4) is 0 Å². The lowest BCUT2D eigenvalue weighted by Crippen LogP contribution is -2.39. The molecule has 1 aliphatic heterocycles. The summed E-state index contributed by atoms with van der Waals surface area (Å²) < 4.78 is 74.9. The van der Waals surface area contributed by atoms with Gasteiger partial charge in [-0.1, -0.05) is 11.6 Å². The zero-order valence-electron chi connectivity index (χ0n) is 19.9. The van der Waals surface area contributed by atoms with Crippen LogP contribution in [0.1, 0.15) is 18.4 Å². The SMILES string of the molecule is COc1ccc(Cl)c(-c2cc(NS(=O)(=O)c3ccnc(N4CCC[C@@H](C(=O)O)C4)c3)ncc2C(F)(F)F)c1. The number of nitrogens with zero attached hydrogens (tertiary/aromatic N) is 3. The van der Waals surface area contributed by atoms with Gasteiger partial charge in [0.25, 0.3) is 10.0 Å². The summed E-state index contributed by atoms with van der Waals surface area (Å²) in [5.74, 6) is -1.40. The number of sulfonamides is 1. The number of aliphatic carboxylic acids is 1. The lowest BCUT2D eigenvalue weighted by atomic mass is 9.98. The maximum absolute atomic E-state index is 13.8. The number of rotatable bonds is 7. The van der Waals surface area contributed by atoms with Gasteiger partial charge < -0.3 is 14.7 Å². The minimum absolute atomic E-state index is 0.00345. The van der Waals surface area contributed by atoms with Crippen LogP contribution in [0.2, 0.25) is 5.02 Å². The first-order valence-corrected chi connectivity index (χ1v) is 13.1. The number of methoxy groups -OCH3 is 1. The molecule has 1 aliphatic rings. The normalized spacial score (nSPS) is 16.2. The lowest BCUT2D eigenvalue weighted by Gasteiger charge is -2.31. The summed E-state index contributed by atoms with van der Waals surface area (Å²) in [5, 5.41) is 9.32. The number of halogens is 4. The van der Waals surface area contributed by atoms with Gasteiger partial charge in [-0.15, -0.1) is 0 Å². The van der Waals surface area contributed by atoms with Crippen molar-refractivity contribution in [1.82, 2.24) is 9.97 Å². The fraction of sp³-hybridized carbons (Fsp3) is 0.292. The Morgan fingerprint density at radius 1 is 1.18 bits per heavy atom. The van der Waals surface area contributed by atoms with E-state index in [0.717, 1.165) is 6.07 Å². The summed E-state index contributed by atoms with van der Waals surface area (Å²) in [5.41, 5.74) is -1.53. The number of nitrogens with one attached hydrogen (secondary N) is 1. The minimum atomic E-state index is -4.80. The topological polar surface area (TPSA) is 122 Å². The summed E-state index contributed by atoms with van der Waals surface area (Å²) in [7, 11) is -2.96. The number of benzene rings is 1. The Hall–Kier alpha value is -3.58. The van der Waals surface area contributed by atoms with Gasteiger partial charge in [0, 0.05) is 47.7 Å². The fourth-order valence-corrected chi connectivity index (χ4v) is 5.35. The fourth-order valence-electron chi connectivity index (χ4n) is 4.12. The zero-order chi connectivity index (χ0) is 27.7. The summed E-state index contributed by atoms with van der Waals surface area (Å²) >= 11 is 6.18. The van der Waals surface area contributed by atoms with Crippen molar-refractivity contribution in [2.24, 2.45) is 5.92 Å². The van der Waals surface area contributed by atoms with Crippen molar-refractivity contribution >= 4 is 39.2 Å². The number of hydrogen-bond acceptors (Lipinski definition) is 7. The third-order valence-electron chi connectivity index (χ3n) is 6.03. The summed E-state index contributed by atoms with van der Waals surface area (Å²) in [6.45, 7) is 0.670. The number of pyridine rings is 2. The van der Waals surface area contributed by atoms with E-state index in [1.165, 1.54) is 43.6 Å². The van der Waals surface area contributed by atoms with Crippen LogP contribution in [0.4, 0.5) is 24.8 Å². The first kappa shape index (κ1) is 27.5. The van der Waals surface area contributed by atoms with Gasteiger partial charge >= 0.3 is 12.1 Å². The van der Waals surface area contributed by atoms with Crippen molar-refractivity contribution in [3.8, 4) is 16.9 Å². The Morgan fingerprint density at radius 3 is 2.63 bits per heavy atom. The van der Waals surface area contributed by atoms with E-state index in [1.54, 1.807) is 4.90 Å². The van der Waals surface area contributed by atoms with E-state index in [4.69, 9.17) is 16.3 Å². The van der Waals surface area contributed by atoms with Crippen LogP contribution in [-0.4, -0.2) is 49.7 Å². The molecule has 3 heterocycles. The highest BCUT2D eigenvalue weighted by atomic mass is 35.5. The van der Waals surface area contributed by atoms with E-state index in [0.29, 0.717) is 25.6 Å². The summed E-state index contributed by atoms with van der Waals surface area (Å²) in [6, 6.07) is 7.60. The molecule has 0 aliphatic carbocycles. The van der Waals surface area contributed by atoms with Crippen molar-refractivity contribution in [2.75, 3.05) is 29.8 Å². The number of carboxylic acid groups (broad SMARTS) is 1. The number of alkyl halides is 3. The van der Waals surface area contributed by atoms with Gasteiger partial charge in [0.15, 0.2) is 0 Å². The molecular formula is C24H22ClF3N4O5S. The van der Waals surface area contributed by atoms with E-state index in [9.17, 15) is 31.5 Å². The molecule has 1 fully saturated rings. The van der Waals surface area contributed by atoms with Gasteiger partial charge in [-0.25, -0.2) is 18.4 Å². The number of piperidine rings is 1. The van der Waals surface area contributed by atoms with Gasteiger partial charge in [0.05, 0.1) is 23.5 Å². The van der Waals surface area contributed by atoms with Crippen LogP contribution in [-0.2, 0) is 21.0 Å². The average Bonchev–Trinajstić information content (AvgIpc) is 2.88. The maximum Gasteiger partial charge on any atom is 0.418 e. The summed E-state index contributed by atoms with van der Waals surface area (Å²) in [4.78, 5) is 20.7. The molecule has 9 nitrogen and oxygen atoms in total. The molecule has 0 unspecified atom stereocenters. The molecule has 202 valence electrons. The second-order valence-electron chi connectivity index (χ2n) is 8.54. The molecule has 4 rings (SSSR count). The second kappa shape index (κ2) is 10.7. The smallest absolute Gasteiger partial charge is 0.418 e. The highest BCUT2D eigenvalue weighted by Crippen LogP contribution is 2.41. The van der Waals surface area contributed by atoms with Gasteiger partial charge in [-0.2, -0.15) is 13.2 Å². The highest BCUT2D eigenvalue weighted by Gasteiger charge is 2.35. The predicted molar refractivity (Wildman–Crippen MR) is 134 cm³/mol. The molecule has 0 bridgehead atoms. The quantitative estimate of drug-likeness (QED) is 0.410. The first-order chi connectivity index (χ1) is 17.9. The van der Waals surface area contributed by atoms with Gasteiger partial charge in [-0.3, -0.25) is 9.52 Å². The molecule has 38 heavy (non-hydrogen) atoms. The molecule has 1 saturated heterocycles. The molecule has 2 N–H and O–H groups in total. The molecule has 1 aromatic carbocycles. The van der Waals surface area contributed by atoms with Crippen LogP contribution in [0.5, 0.6) is 5.75 Å². The third-order valence-corrected chi connectivity index (χ3v) is 7.72. The number of carboxylic acids is 1. The highest BCUT2D eigenvalue weighted by molar-refractivity contribution is 7.92. The van der Waals surface area contributed by atoms with E-state index >= 15 is 0 Å². The molecule has 3 aromatic rings. The molecule has 14 heteroatoms. The predicted octanol–water partition coefficient (Wildman–Crippen LogP) is 4.93. The van der Waals surface area contributed by atoms with Crippen molar-refractivity contribution in [3.63, 3.8) is 0 Å². The molecule has 1 atom stereocenters. The average molecular weight is 571 g/mol. The van der Waals surface area contributed by atoms with Crippen molar-refractivity contribution in [3.05, 3.63) is 59.4 Å². The number of aromatic nitrogens is 2. The number of carbonyl (C=O) groups is 1. The van der Waals surface area contributed by atoms with Gasteiger partial charge in [0.2, 0.25) is 0 Å². The largest absolute Gasteiger partial charge is 0.497 e. The Labute approximate surface area is 221 Å². The van der Waals surface area contributed by atoms with E-state index in [-0.39, 0.29) is 39.4 Å². The zero-order valence-corrected chi connectivity index (χ0v) is 21.4. The van der Waals surface area contributed by atoms with E-state index in [2.05, 4.69) is 14.7 Å². The first-order valence-electron chi connectivity index (χ1n) is 11.3. The van der Waals surface area contributed by atoms with Crippen LogP contribution < -0.4 is 14.4 Å². The monoisotopic (exact) mass is 570 g/mol. The molecule has 0 saturated carbocycles. The van der Waals surface area contributed by atoms with Crippen molar-refractivity contribution < 1.29 is 36.2 Å². The Bertz CT molecular complexity index is 1470. The number of anilines is 2. The van der Waals surface area contributed by atoms with Crippen LogP contribution in [0.25, 0.3) is 11.1 Å². The number of ether oxygens (including phenoxy) is 1. The van der Waals surface area contributed by atoms with Gasteiger partial charge in [0.1, 0.15) is 17.4 Å². The molecular weight excluding hydrogens is 549 g/mol. The molecule has 0 amide bonds. The van der Waals surface area contributed by atoms with E-state index in [1.807, 2.05) is 0 Å². The second-order valence-corrected chi connectivity index (χ2v) is 10.6. The number of hydrogen-bond donors (Lipinski definition) is 2. The van der Waals surface area contributed by atoms with Crippen molar-refractivity contribution in [2.45, 2.75) is 23.9 Å². The Balaban J connectivity index is 1.68. The van der Waals surface area contributed by atoms with Crippen LogP contribution >= 0.6 is 11.6 Å². The van der Waals surface area contributed by atoms with Crippen molar-refractivity contribution in [1.29, 1.82) is 0 Å². The van der Waals surface area contributed by atoms with Crippen LogP contribution in [0, 0.1) is 5.92 Å². The maximum atomic E-state index is 13.8. The third kappa shape index (κ3) is 5.94. The Morgan fingerprint density at radius 2 is 1.95 bits per heavy atom. The molecule has 2 aromatic heterocycles. The lowest BCUT2D eigenvalue weighted by molar-refractivity contribution is -0.142. The molecule has 0 spiro atoms. The van der Waals surface area contributed by atoms with E-state index < -0.39 is 39.2 Å².